The Morgan fingerprint density at radius 3 is 2.26 bits per heavy atom. The summed E-state index contributed by atoms with van der Waals surface area (Å²) >= 11 is 0. The molecule has 0 bridgehead atoms. The maximum absolute atomic E-state index is 12.0. The summed E-state index contributed by atoms with van der Waals surface area (Å²) in [6, 6.07) is -0.761. The van der Waals surface area contributed by atoms with E-state index < -0.39 is 24.7 Å². The van der Waals surface area contributed by atoms with Crippen molar-refractivity contribution in [2.45, 2.75) is 38.3 Å². The maximum Gasteiger partial charge on any atom is 0.406 e. The van der Waals surface area contributed by atoms with E-state index in [2.05, 4.69) is 5.32 Å². The second-order valence-corrected chi connectivity index (χ2v) is 4.26. The topological polar surface area (TPSA) is 69.6 Å². The van der Waals surface area contributed by atoms with Crippen molar-refractivity contribution in [2.75, 3.05) is 20.1 Å². The minimum Gasteiger partial charge on any atom is -0.481 e. The molecule has 0 aliphatic carbocycles. The van der Waals surface area contributed by atoms with Gasteiger partial charge in [0.2, 0.25) is 0 Å². The molecule has 0 rings (SSSR count). The number of halogens is 3. The van der Waals surface area contributed by atoms with Gasteiger partial charge in [-0.15, -0.1) is 0 Å². The van der Waals surface area contributed by atoms with Crippen LogP contribution in [0.3, 0.4) is 0 Å². The SMILES string of the molecule is CN(CC(F)(F)F)C(=O)NCCCCCCC(=O)O. The molecule has 19 heavy (non-hydrogen) atoms. The van der Waals surface area contributed by atoms with Gasteiger partial charge in [-0.25, -0.2) is 4.79 Å². The van der Waals surface area contributed by atoms with Crippen LogP contribution in [0.2, 0.25) is 0 Å². The third kappa shape index (κ3) is 11.4. The molecule has 0 spiro atoms. The van der Waals surface area contributed by atoms with Crippen LogP contribution in [0.5, 0.6) is 0 Å². The van der Waals surface area contributed by atoms with Crippen LogP contribution in [0.1, 0.15) is 32.1 Å². The fraction of sp³-hybridized carbons (Fsp3) is 0.818. The van der Waals surface area contributed by atoms with Gasteiger partial charge in [-0.3, -0.25) is 4.79 Å². The minimum atomic E-state index is -4.40. The number of unbranched alkanes of at least 4 members (excludes halogenated alkanes) is 3. The van der Waals surface area contributed by atoms with Crippen molar-refractivity contribution in [1.29, 1.82) is 0 Å². The number of aliphatic carboxylic acids is 1. The second-order valence-electron chi connectivity index (χ2n) is 4.26. The third-order valence-corrected chi connectivity index (χ3v) is 2.36. The van der Waals surface area contributed by atoms with E-state index in [9.17, 15) is 22.8 Å². The number of carbonyl (C=O) groups excluding carboxylic acids is 1. The molecule has 0 aromatic heterocycles. The zero-order chi connectivity index (χ0) is 14.9. The number of nitrogens with one attached hydrogen (secondary N) is 1. The van der Waals surface area contributed by atoms with Gasteiger partial charge in [-0.1, -0.05) is 12.8 Å². The predicted molar refractivity (Wildman–Crippen MR) is 62.8 cm³/mol. The van der Waals surface area contributed by atoms with E-state index in [0.29, 0.717) is 17.7 Å². The van der Waals surface area contributed by atoms with Crippen molar-refractivity contribution in [3.63, 3.8) is 0 Å². The Kier molecular flexibility index (Phi) is 7.94. The molecule has 0 aromatic carbocycles. The lowest BCUT2D eigenvalue weighted by atomic mass is 10.1. The molecule has 2 N–H and O–H groups in total. The number of hydrogen-bond donors (Lipinski definition) is 2. The zero-order valence-corrected chi connectivity index (χ0v) is 10.8. The number of urea groups is 1. The first kappa shape index (κ1) is 17.5. The summed E-state index contributed by atoms with van der Waals surface area (Å²) in [4.78, 5) is 22.0. The van der Waals surface area contributed by atoms with Crippen LogP contribution in [0.25, 0.3) is 0 Å². The van der Waals surface area contributed by atoms with E-state index in [0.717, 1.165) is 19.9 Å². The lowest BCUT2D eigenvalue weighted by molar-refractivity contribution is -0.138. The Labute approximate surface area is 109 Å². The highest BCUT2D eigenvalue weighted by Gasteiger charge is 2.30. The van der Waals surface area contributed by atoms with Crippen LogP contribution in [-0.2, 0) is 4.79 Å². The lowest BCUT2D eigenvalue weighted by Crippen LogP contribution is -2.42. The molecular formula is C11H19F3N2O3. The Balaban J connectivity index is 3.55. The van der Waals surface area contributed by atoms with Crippen LogP contribution in [0.15, 0.2) is 0 Å². The first-order valence-electron chi connectivity index (χ1n) is 6.00. The fourth-order valence-corrected chi connectivity index (χ4v) is 1.43. The quantitative estimate of drug-likeness (QED) is 0.671. The van der Waals surface area contributed by atoms with Crippen LogP contribution in [0.4, 0.5) is 18.0 Å². The van der Waals surface area contributed by atoms with Gasteiger partial charge in [0.1, 0.15) is 6.54 Å². The number of carboxylic acids is 1. The van der Waals surface area contributed by atoms with Gasteiger partial charge in [0.25, 0.3) is 0 Å². The molecule has 0 saturated carbocycles. The summed E-state index contributed by atoms with van der Waals surface area (Å²) in [5, 5.41) is 10.8. The van der Waals surface area contributed by atoms with Crippen molar-refractivity contribution in [3.05, 3.63) is 0 Å². The van der Waals surface area contributed by atoms with Crippen LogP contribution >= 0.6 is 0 Å². The highest BCUT2D eigenvalue weighted by atomic mass is 19.4. The summed E-state index contributed by atoms with van der Waals surface area (Å²) in [6.45, 7) is -0.994. The summed E-state index contributed by atoms with van der Waals surface area (Å²) in [5.74, 6) is -0.845. The van der Waals surface area contributed by atoms with E-state index >= 15 is 0 Å². The molecule has 0 unspecified atom stereocenters. The van der Waals surface area contributed by atoms with Gasteiger partial charge in [-0.05, 0) is 12.8 Å². The number of nitrogens with zero attached hydrogens (tertiary/aromatic N) is 1. The largest absolute Gasteiger partial charge is 0.481 e. The van der Waals surface area contributed by atoms with E-state index in [1.54, 1.807) is 0 Å². The van der Waals surface area contributed by atoms with Gasteiger partial charge in [0.05, 0.1) is 0 Å². The van der Waals surface area contributed by atoms with Gasteiger partial charge in [0, 0.05) is 20.0 Å². The lowest BCUT2D eigenvalue weighted by Gasteiger charge is -2.19. The van der Waals surface area contributed by atoms with Gasteiger partial charge < -0.3 is 15.3 Å². The Hall–Kier alpha value is -1.47. The molecule has 0 aromatic rings. The van der Waals surface area contributed by atoms with Gasteiger partial charge >= 0.3 is 18.2 Å². The van der Waals surface area contributed by atoms with E-state index in [-0.39, 0.29) is 13.0 Å². The minimum absolute atomic E-state index is 0.112. The van der Waals surface area contributed by atoms with Crippen molar-refractivity contribution in [1.82, 2.24) is 10.2 Å². The highest BCUT2D eigenvalue weighted by Crippen LogP contribution is 2.15. The Morgan fingerprint density at radius 1 is 1.16 bits per heavy atom. The molecular weight excluding hydrogens is 265 g/mol. The fourth-order valence-electron chi connectivity index (χ4n) is 1.43. The molecule has 112 valence electrons. The van der Waals surface area contributed by atoms with Crippen molar-refractivity contribution >= 4 is 12.0 Å². The standard InChI is InChI=1S/C11H19F3N2O3/c1-16(8-11(12,13)14)10(19)15-7-5-3-2-4-6-9(17)18/h2-8H2,1H3,(H,15,19)(H,17,18). The average Bonchev–Trinajstić information content (AvgIpc) is 2.24. The van der Waals surface area contributed by atoms with E-state index in [1.165, 1.54) is 0 Å². The normalized spacial score (nSPS) is 11.2. The molecule has 0 fully saturated rings. The second kappa shape index (κ2) is 8.60. The van der Waals surface area contributed by atoms with E-state index in [1.807, 2.05) is 0 Å². The van der Waals surface area contributed by atoms with Crippen LogP contribution in [0, 0.1) is 0 Å². The maximum atomic E-state index is 12.0. The summed E-state index contributed by atoms with van der Waals surface area (Å²) in [7, 11) is 1.08. The smallest absolute Gasteiger partial charge is 0.406 e. The first-order valence-corrected chi connectivity index (χ1v) is 6.00. The number of carbonyl (C=O) groups is 2. The van der Waals surface area contributed by atoms with Crippen molar-refractivity contribution in [2.24, 2.45) is 0 Å². The molecule has 0 saturated heterocycles. The van der Waals surface area contributed by atoms with Gasteiger partial charge in [-0.2, -0.15) is 13.2 Å². The summed E-state index contributed by atoms with van der Waals surface area (Å²) < 4.78 is 36.0. The number of rotatable bonds is 8. The van der Waals surface area contributed by atoms with E-state index in [4.69, 9.17) is 5.11 Å². The first-order chi connectivity index (χ1) is 8.72. The van der Waals surface area contributed by atoms with Gasteiger partial charge in [0.15, 0.2) is 0 Å². The predicted octanol–water partition coefficient (Wildman–Crippen LogP) is 2.23. The molecule has 0 aliphatic heterocycles. The monoisotopic (exact) mass is 284 g/mol. The molecule has 2 amide bonds. The molecule has 0 atom stereocenters. The summed E-state index contributed by atoms with van der Waals surface area (Å²) in [6.07, 6.45) is -1.65. The van der Waals surface area contributed by atoms with Crippen LogP contribution in [-0.4, -0.2) is 48.3 Å². The van der Waals surface area contributed by atoms with Crippen molar-refractivity contribution < 1.29 is 27.9 Å². The molecule has 0 aliphatic rings. The number of amides is 2. The molecule has 8 heteroatoms. The molecule has 5 nitrogen and oxygen atoms in total. The number of alkyl halides is 3. The summed E-state index contributed by atoms with van der Waals surface area (Å²) in [5.41, 5.74) is 0. The average molecular weight is 284 g/mol. The van der Waals surface area contributed by atoms with Crippen LogP contribution < -0.4 is 5.32 Å². The highest BCUT2D eigenvalue weighted by molar-refractivity contribution is 5.73. The molecule has 0 heterocycles. The Morgan fingerprint density at radius 2 is 1.74 bits per heavy atom. The third-order valence-electron chi connectivity index (χ3n) is 2.36. The Bertz CT molecular complexity index is 295. The number of hydrogen-bond acceptors (Lipinski definition) is 2. The van der Waals surface area contributed by atoms with Crippen molar-refractivity contribution in [3.8, 4) is 0 Å². The molecule has 0 radical (unpaired) electrons. The zero-order valence-electron chi connectivity index (χ0n) is 10.8. The number of carboxylic acid groups (broad SMARTS) is 1.